The van der Waals surface area contributed by atoms with Gasteiger partial charge < -0.3 is 9.80 Å². The van der Waals surface area contributed by atoms with Gasteiger partial charge in [-0.1, -0.05) is 35.5 Å². The predicted molar refractivity (Wildman–Crippen MR) is 129 cm³/mol. The number of aromatic nitrogens is 1. The molecule has 4 rings (SSSR count). The number of benzene rings is 2. The number of halogens is 1. The summed E-state index contributed by atoms with van der Waals surface area (Å²) in [5.74, 6) is 0.782. The van der Waals surface area contributed by atoms with E-state index in [1.54, 1.807) is 40.1 Å². The molecule has 1 fully saturated rings. The van der Waals surface area contributed by atoms with Crippen LogP contribution in [0.3, 0.4) is 0 Å². The molecule has 2 aromatic carbocycles. The number of nitro benzene ring substituents is 1. The average Bonchev–Trinajstić information content (AvgIpc) is 3.22. The van der Waals surface area contributed by atoms with Crippen LogP contribution in [0, 0.1) is 17.0 Å². The summed E-state index contributed by atoms with van der Waals surface area (Å²) in [4.78, 5) is 32.1. The molecule has 0 N–H and O–H groups in total. The van der Waals surface area contributed by atoms with Gasteiger partial charge in [0.15, 0.2) is 0 Å². The van der Waals surface area contributed by atoms with Gasteiger partial charge in [-0.25, -0.2) is 4.98 Å². The van der Waals surface area contributed by atoms with Crippen molar-refractivity contribution in [3.8, 4) is 0 Å². The van der Waals surface area contributed by atoms with Crippen LogP contribution in [0.2, 0.25) is 5.02 Å². The van der Waals surface area contributed by atoms with Gasteiger partial charge >= 0.3 is 0 Å². The maximum absolute atomic E-state index is 12.9. The minimum Gasteiger partial charge on any atom is -0.362 e. The summed E-state index contributed by atoms with van der Waals surface area (Å²) in [6.07, 6.45) is 0. The number of rotatable bonds is 6. The third-order valence-corrected chi connectivity index (χ3v) is 7.65. The zero-order valence-electron chi connectivity index (χ0n) is 17.4. The molecule has 0 unspecified atom stereocenters. The Hall–Kier alpha value is -2.62. The zero-order chi connectivity index (χ0) is 22.7. The van der Waals surface area contributed by atoms with E-state index in [2.05, 4.69) is 4.98 Å². The lowest BCUT2D eigenvalue weighted by Gasteiger charge is -2.35. The van der Waals surface area contributed by atoms with Gasteiger partial charge in [0.2, 0.25) is 0 Å². The highest BCUT2D eigenvalue weighted by Crippen LogP contribution is 2.32. The maximum Gasteiger partial charge on any atom is 0.294 e. The Labute approximate surface area is 199 Å². The first-order valence-corrected chi connectivity index (χ1v) is 12.3. The highest BCUT2D eigenvalue weighted by atomic mass is 35.5. The Morgan fingerprint density at radius 3 is 2.53 bits per heavy atom. The van der Waals surface area contributed by atoms with Crippen LogP contribution in [0.15, 0.2) is 52.2 Å². The van der Waals surface area contributed by atoms with Crippen LogP contribution in [0.4, 0.5) is 11.4 Å². The fraction of sp³-hybridized carbons (Fsp3) is 0.273. The van der Waals surface area contributed by atoms with E-state index >= 15 is 0 Å². The lowest BCUT2D eigenvalue weighted by molar-refractivity contribution is -0.384. The zero-order valence-corrected chi connectivity index (χ0v) is 19.8. The molecular formula is C22H21ClN4O3S2. The standard InChI is InChI=1S/C22H21ClN4O3S2/c1-15-13-31-22(24-15)32-14-16-2-4-17(5-3-16)21(28)26-10-8-25(9-11-26)19-7-6-18(23)12-20(19)27(29)30/h2-7,12-13H,8-11,14H2,1H3. The van der Waals surface area contributed by atoms with E-state index in [9.17, 15) is 14.9 Å². The normalized spacial score (nSPS) is 13.9. The van der Waals surface area contributed by atoms with Gasteiger partial charge in [-0.3, -0.25) is 14.9 Å². The van der Waals surface area contributed by atoms with Gasteiger partial charge in [0.1, 0.15) is 10.0 Å². The highest BCUT2D eigenvalue weighted by molar-refractivity contribution is 8.00. The second-order valence-electron chi connectivity index (χ2n) is 7.41. The van der Waals surface area contributed by atoms with E-state index in [1.807, 2.05) is 41.5 Å². The van der Waals surface area contributed by atoms with Crippen LogP contribution in [-0.4, -0.2) is 46.9 Å². The molecule has 3 aromatic rings. The second-order valence-corrected chi connectivity index (χ2v) is 9.93. The van der Waals surface area contributed by atoms with Crippen molar-refractivity contribution in [1.82, 2.24) is 9.88 Å². The third kappa shape index (κ3) is 5.23. The Morgan fingerprint density at radius 1 is 1.19 bits per heavy atom. The van der Waals surface area contributed by atoms with Crippen molar-refractivity contribution in [2.75, 3.05) is 31.1 Å². The smallest absolute Gasteiger partial charge is 0.294 e. The number of carbonyl (C=O) groups excluding carboxylic acids is 1. The van der Waals surface area contributed by atoms with Crippen LogP contribution in [0.25, 0.3) is 0 Å². The molecule has 1 aliphatic rings. The molecule has 1 amide bonds. The number of carbonyl (C=O) groups is 1. The molecule has 166 valence electrons. The van der Waals surface area contributed by atoms with Crippen LogP contribution >= 0.6 is 34.7 Å². The maximum atomic E-state index is 12.9. The molecule has 7 nitrogen and oxygen atoms in total. The van der Waals surface area contributed by atoms with Crippen molar-refractivity contribution in [2.45, 2.75) is 17.0 Å². The van der Waals surface area contributed by atoms with Gasteiger partial charge in [0.25, 0.3) is 11.6 Å². The molecule has 1 aromatic heterocycles. The van der Waals surface area contributed by atoms with E-state index < -0.39 is 4.92 Å². The van der Waals surface area contributed by atoms with Gasteiger partial charge in [0.05, 0.1) is 4.92 Å². The predicted octanol–water partition coefficient (Wildman–Crippen LogP) is 5.27. The first-order valence-electron chi connectivity index (χ1n) is 10.0. The monoisotopic (exact) mass is 488 g/mol. The topological polar surface area (TPSA) is 79.6 Å². The minimum absolute atomic E-state index is 0.0151. The van der Waals surface area contributed by atoms with Crippen molar-refractivity contribution in [1.29, 1.82) is 0 Å². The lowest BCUT2D eigenvalue weighted by Crippen LogP contribution is -2.49. The van der Waals surface area contributed by atoms with Crippen molar-refractivity contribution < 1.29 is 9.72 Å². The number of nitro groups is 1. The summed E-state index contributed by atoms with van der Waals surface area (Å²) in [7, 11) is 0. The minimum atomic E-state index is -0.422. The second kappa shape index (κ2) is 9.89. The third-order valence-electron chi connectivity index (χ3n) is 5.20. The summed E-state index contributed by atoms with van der Waals surface area (Å²) < 4.78 is 1.04. The van der Waals surface area contributed by atoms with Gasteiger partial charge in [-0.05, 0) is 36.8 Å². The van der Waals surface area contributed by atoms with Crippen molar-refractivity contribution >= 4 is 52.0 Å². The Morgan fingerprint density at radius 2 is 1.91 bits per heavy atom. The largest absolute Gasteiger partial charge is 0.362 e. The Bertz CT molecular complexity index is 1130. The van der Waals surface area contributed by atoms with E-state index in [0.717, 1.165) is 21.3 Å². The summed E-state index contributed by atoms with van der Waals surface area (Å²) in [6.45, 7) is 4.03. The summed E-state index contributed by atoms with van der Waals surface area (Å²) in [6, 6.07) is 12.4. The lowest BCUT2D eigenvalue weighted by atomic mass is 10.1. The molecular weight excluding hydrogens is 468 g/mol. The first-order chi connectivity index (χ1) is 15.4. The molecule has 10 heteroatoms. The van der Waals surface area contributed by atoms with Crippen molar-refractivity contribution in [3.63, 3.8) is 0 Å². The average molecular weight is 489 g/mol. The fourth-order valence-corrected chi connectivity index (χ4v) is 5.50. The number of hydrogen-bond donors (Lipinski definition) is 0. The van der Waals surface area contributed by atoms with E-state index in [0.29, 0.717) is 42.5 Å². The number of aryl methyl sites for hydroxylation is 1. The Balaban J connectivity index is 1.35. The molecule has 2 heterocycles. The van der Waals surface area contributed by atoms with Gasteiger partial charge in [0, 0.05) is 59.7 Å². The van der Waals surface area contributed by atoms with Gasteiger partial charge in [-0.15, -0.1) is 11.3 Å². The molecule has 1 aliphatic heterocycles. The fourth-order valence-electron chi connectivity index (χ4n) is 3.53. The van der Waals surface area contributed by atoms with Crippen LogP contribution in [-0.2, 0) is 5.75 Å². The van der Waals surface area contributed by atoms with Gasteiger partial charge in [-0.2, -0.15) is 0 Å². The van der Waals surface area contributed by atoms with Crippen LogP contribution in [0.5, 0.6) is 0 Å². The van der Waals surface area contributed by atoms with E-state index in [4.69, 9.17) is 11.6 Å². The first kappa shape index (κ1) is 22.6. The molecule has 0 aliphatic carbocycles. The molecule has 0 saturated carbocycles. The number of thiazole rings is 1. The quantitative estimate of drug-likeness (QED) is 0.267. The molecule has 32 heavy (non-hydrogen) atoms. The van der Waals surface area contributed by atoms with Crippen molar-refractivity contribution in [3.05, 3.63) is 79.8 Å². The number of hydrogen-bond acceptors (Lipinski definition) is 7. The number of thioether (sulfide) groups is 1. The number of piperazine rings is 1. The van der Waals surface area contributed by atoms with E-state index in [1.165, 1.54) is 6.07 Å². The number of anilines is 1. The molecule has 0 bridgehead atoms. The van der Waals surface area contributed by atoms with Crippen molar-refractivity contribution in [2.24, 2.45) is 0 Å². The molecule has 0 atom stereocenters. The van der Waals surface area contributed by atoms with E-state index in [-0.39, 0.29) is 11.6 Å². The molecule has 0 spiro atoms. The number of amides is 1. The summed E-state index contributed by atoms with van der Waals surface area (Å²) in [5, 5.41) is 13.7. The highest BCUT2D eigenvalue weighted by Gasteiger charge is 2.26. The summed E-state index contributed by atoms with van der Waals surface area (Å²) in [5.41, 5.74) is 3.33. The molecule has 0 radical (unpaired) electrons. The Kier molecular flexibility index (Phi) is 6.98. The number of nitrogens with zero attached hydrogens (tertiary/aromatic N) is 4. The summed E-state index contributed by atoms with van der Waals surface area (Å²) >= 11 is 9.25. The van der Waals surface area contributed by atoms with Crippen LogP contribution < -0.4 is 4.90 Å². The molecule has 1 saturated heterocycles. The SMILES string of the molecule is Cc1csc(SCc2ccc(C(=O)N3CCN(c4ccc(Cl)cc4[N+](=O)[O-])CC3)cc2)n1. The van der Waals surface area contributed by atoms with Crippen LogP contribution in [0.1, 0.15) is 21.6 Å².